The van der Waals surface area contributed by atoms with Gasteiger partial charge in [0.2, 0.25) is 48.5 Å². The van der Waals surface area contributed by atoms with Crippen LogP contribution < -0.4 is 82.6 Å². The van der Waals surface area contributed by atoms with Crippen LogP contribution in [0.4, 0.5) is 20.2 Å². The van der Waals surface area contributed by atoms with Crippen molar-refractivity contribution in [2.75, 3.05) is 72.9 Å². The van der Waals surface area contributed by atoms with Gasteiger partial charge in [0.05, 0.1) is 72.6 Å². The van der Waals surface area contributed by atoms with Gasteiger partial charge in [0.25, 0.3) is 59.1 Å². The summed E-state index contributed by atoms with van der Waals surface area (Å²) in [6.07, 6.45) is 7.93. The highest BCUT2D eigenvalue weighted by molar-refractivity contribution is 7.89. The third kappa shape index (κ3) is 20.8. The Morgan fingerprint density at radius 2 is 0.784 bits per heavy atom. The number of anilines is 1. The number of amides is 18. The highest BCUT2D eigenvalue weighted by atomic mass is 32.2. The molecule has 0 saturated carbocycles. The van der Waals surface area contributed by atoms with Gasteiger partial charge in [-0.2, -0.15) is 0 Å². The Balaban J connectivity index is 0.000000152. The first-order valence-electron chi connectivity index (χ1n) is 39.2. The molecule has 47 heteroatoms. The summed E-state index contributed by atoms with van der Waals surface area (Å²) < 4.78 is 69.1. The van der Waals surface area contributed by atoms with E-state index in [0.29, 0.717) is 50.8 Å². The minimum absolute atomic E-state index is 0.0657. The van der Waals surface area contributed by atoms with Crippen LogP contribution in [-0.2, 0) is 70.2 Å². The molecule has 0 radical (unpaired) electrons. The Bertz CT molecular complexity index is 6730. The van der Waals surface area contributed by atoms with E-state index in [2.05, 4.69) is 105 Å². The molecule has 0 spiro atoms. The minimum Gasteiger partial charge on any atom is -0.497 e. The van der Waals surface area contributed by atoms with Crippen LogP contribution >= 0.6 is 0 Å². The third-order valence-electron chi connectivity index (χ3n) is 21.0. The third-order valence-corrected chi connectivity index (χ3v) is 22.2. The maximum absolute atomic E-state index is 12.9. The van der Waals surface area contributed by atoms with Crippen molar-refractivity contribution in [1.82, 2.24) is 91.6 Å². The maximum atomic E-state index is 12.9. The molecule has 45 nitrogen and oxygen atoms in total. The summed E-state index contributed by atoms with van der Waals surface area (Å²) >= 11 is 0. The van der Waals surface area contributed by atoms with Crippen molar-refractivity contribution in [3.05, 3.63) is 229 Å². The first-order valence-corrected chi connectivity index (χ1v) is 43.0. The molecule has 4 atom stereocenters. The Morgan fingerprint density at radius 3 is 1.10 bits per heavy atom. The summed E-state index contributed by atoms with van der Waals surface area (Å²) in [7, 11) is -1.53. The van der Waals surface area contributed by atoms with Gasteiger partial charge in [-0.15, -0.1) is 0 Å². The summed E-state index contributed by atoms with van der Waals surface area (Å²) in [5.41, 5.74) is 6.54. The zero-order chi connectivity index (χ0) is 96.7. The summed E-state index contributed by atoms with van der Waals surface area (Å²) in [6, 6.07) is 26.2. The van der Waals surface area contributed by atoms with E-state index in [4.69, 9.17) is 30.5 Å². The number of rotatable bonds is 18. The van der Waals surface area contributed by atoms with Crippen molar-refractivity contribution in [2.24, 2.45) is 11.3 Å². The van der Waals surface area contributed by atoms with Crippen molar-refractivity contribution in [1.29, 1.82) is 0 Å². The number of benzene rings is 4. The molecule has 684 valence electrons. The number of carboxylic acid groups (broad SMARTS) is 1. The first-order chi connectivity index (χ1) is 63.6. The molecule has 15 N–H and O–H groups in total. The average molecular weight is 1860 g/mol. The number of carbonyl (C=O) groups is 16. The molecule has 134 heavy (non-hydrogen) atoms. The number of ether oxygens (including phenoxy) is 4. The number of hydrogen-bond donors (Lipinski definition) is 13. The fourth-order valence-corrected chi connectivity index (χ4v) is 15.4. The molecule has 16 rings (SSSR count). The molecule has 0 aliphatic carbocycles. The number of hydrazine groups is 1. The van der Waals surface area contributed by atoms with Crippen LogP contribution in [-0.4, -0.2) is 240 Å². The highest BCUT2D eigenvalue weighted by Gasteiger charge is 2.53. The van der Waals surface area contributed by atoms with Crippen LogP contribution in [0.2, 0.25) is 0 Å². The molecule has 4 aromatic carbocycles. The molecule has 8 aliphatic rings. The second kappa shape index (κ2) is 37.9. The van der Waals surface area contributed by atoms with Gasteiger partial charge >= 0.3 is 24.1 Å². The van der Waals surface area contributed by atoms with Gasteiger partial charge in [-0.3, -0.25) is 89.2 Å². The Kier molecular flexibility index (Phi) is 26.6. The number of hydrogen-bond acceptors (Lipinski definition) is 30. The number of carboxylic acids is 1. The second-order valence-corrected chi connectivity index (χ2v) is 34.0. The van der Waals surface area contributed by atoms with E-state index in [9.17, 15) is 98.7 Å². The van der Waals surface area contributed by atoms with Gasteiger partial charge in [0.1, 0.15) is 51.2 Å². The lowest BCUT2D eigenvalue weighted by atomic mass is 9.85. The minimum atomic E-state index is -3.75. The van der Waals surface area contributed by atoms with Crippen LogP contribution in [0, 0.1) is 52.8 Å². The lowest BCUT2D eigenvalue weighted by Gasteiger charge is -2.26. The number of nitrogens with zero attached hydrogens (tertiary/aromatic N) is 8. The summed E-state index contributed by atoms with van der Waals surface area (Å²) in [5, 5.41) is 25.4. The molecule has 0 unspecified atom stereocenters. The number of pyridine rings is 4. The number of nitrogens with one attached hydrogen (secondary N) is 10. The van der Waals surface area contributed by atoms with Gasteiger partial charge in [0, 0.05) is 108 Å². The molecular formula is C87H74N20O25S2. The molecule has 4 aromatic heterocycles. The number of nitrogen functional groups attached to an aromatic ring is 2. The van der Waals surface area contributed by atoms with Crippen molar-refractivity contribution >= 4 is 121 Å². The number of nitrogens with two attached hydrogens (primary N) is 2. The molecule has 12 heterocycles. The molecule has 18 amide bonds. The van der Waals surface area contributed by atoms with Crippen molar-refractivity contribution < 1.29 is 118 Å². The topological polar surface area (TPSA) is 635 Å². The number of aromatic carboxylic acids is 1. The lowest BCUT2D eigenvalue weighted by molar-refractivity contribution is -0.127. The number of urea groups is 3. The predicted octanol–water partition coefficient (Wildman–Crippen LogP) is -1.58. The van der Waals surface area contributed by atoms with E-state index < -0.39 is 113 Å². The molecule has 8 aliphatic heterocycles. The smallest absolute Gasteiger partial charge is 0.339 e. The Labute approximate surface area is 759 Å². The summed E-state index contributed by atoms with van der Waals surface area (Å²) in [4.78, 5) is 218. The first kappa shape index (κ1) is 93.9. The van der Waals surface area contributed by atoms with E-state index in [1.54, 1.807) is 82.2 Å². The average Bonchev–Trinajstić information content (AvgIpc) is 1.63. The van der Waals surface area contributed by atoms with Gasteiger partial charge in [0.15, 0.2) is 0 Å². The highest BCUT2D eigenvalue weighted by Crippen LogP contribution is 2.36. The second-order valence-electron chi connectivity index (χ2n) is 30.5. The fraction of sp³-hybridized carbons (Fsp3) is 0.218. The van der Waals surface area contributed by atoms with Crippen LogP contribution in [0.1, 0.15) is 134 Å². The maximum Gasteiger partial charge on any atom is 0.339 e. The standard InChI is InChI=1S/2C22H19N5O7S.C22H19N5O5.C21H17N5O6/c2*1-34-15-5-4-14-11-27(19(29)16(14)9-15)12-22(20(30)24-21(31)25-22)8-7-13-3-6-17(23-10-13)18(28)26-35(2,32)33;1-32-16-3-2-14-11-27(20(30)17(14)7-16)12-22(8-18(28)25-21(22)31)5-4-13-6-15(10-24-9-13)19(29)26-23;1-32-13-3-2-12-9-26(17(27)14(12)7-13)10-21(19(30)24-20(31)25-21)5-4-11-6-15(18(28)29)16(22)23-8-11/h2*3-6,9-10H,11-12H2,1-2H3,(H,26,28)(H2,24,25,30,31);2-3,6-7,9-10H,8,11-12,23H2,1H3,(H,26,29)(H,25,28,31);2-3,6-8H,9-10H2,1H3,(H2,22,23)(H,28,29)(H2,24,25,30,31)/t3*22-;21-/m1000/s1. The van der Waals surface area contributed by atoms with Gasteiger partial charge < -0.3 is 65.3 Å². The van der Waals surface area contributed by atoms with Crippen molar-refractivity contribution in [3.8, 4) is 70.4 Å². The SMILES string of the molecule is COc1ccc2c(c1)C(=O)N(C[C@@]1(C#Cc3ccc(C(=O)NS(C)(=O)=O)nc3)NC(=O)NC1=O)C2.COc1ccc2c(c1)C(=O)N(C[C@]1(C#Cc3ccc(C(=O)NS(C)(=O)=O)nc3)NC(=O)NC1=O)C2.COc1ccc2c(c1)C(=O)N(C[C@]1(C#Cc3cnc(N)c(C(=O)O)c3)NC(=O)NC1=O)C2.COc1ccc2c(c1)C(=O)N(C[C@]1(C#Cc3cncc(C(=O)NN)c3)CC(=O)NC1=O)C2. The molecule has 4 saturated heterocycles. The van der Waals surface area contributed by atoms with Gasteiger partial charge in [-0.25, -0.2) is 66.3 Å². The Morgan fingerprint density at radius 1 is 0.433 bits per heavy atom. The predicted molar refractivity (Wildman–Crippen MR) is 461 cm³/mol. The molecule has 4 fully saturated rings. The van der Waals surface area contributed by atoms with Gasteiger partial charge in [-0.05, 0) is 107 Å². The number of methoxy groups -OCH3 is 4. The quantitative estimate of drug-likeness (QED) is 0.0115. The van der Waals surface area contributed by atoms with Gasteiger partial charge in [-0.1, -0.05) is 71.6 Å². The Hall–Kier alpha value is -17.7. The zero-order valence-electron chi connectivity index (χ0n) is 70.9. The number of imide groups is 4. The van der Waals surface area contributed by atoms with Crippen LogP contribution in [0.3, 0.4) is 0 Å². The number of fused-ring (bicyclic) bond motifs is 4. The monoisotopic (exact) mass is 1860 g/mol. The number of aromatic nitrogens is 4. The van der Waals surface area contributed by atoms with E-state index in [-0.39, 0.29) is 127 Å². The zero-order valence-corrected chi connectivity index (χ0v) is 72.6. The molecule has 0 bridgehead atoms. The summed E-state index contributed by atoms with van der Waals surface area (Å²) in [6.45, 7) is 0.234. The fourth-order valence-electron chi connectivity index (χ4n) is 14.5. The van der Waals surface area contributed by atoms with E-state index in [1.165, 1.54) is 115 Å². The van der Waals surface area contributed by atoms with Crippen molar-refractivity contribution in [2.45, 2.75) is 49.2 Å². The van der Waals surface area contributed by atoms with E-state index >= 15 is 0 Å². The summed E-state index contributed by atoms with van der Waals surface area (Å²) in [5.74, 6) is 20.9. The normalized spacial score (nSPS) is 18.9. The van der Waals surface area contributed by atoms with Crippen LogP contribution in [0.5, 0.6) is 23.0 Å². The van der Waals surface area contributed by atoms with Crippen molar-refractivity contribution in [3.63, 3.8) is 0 Å². The largest absolute Gasteiger partial charge is 0.497 e. The number of sulfonamides is 2. The van der Waals surface area contributed by atoms with Crippen LogP contribution in [0.15, 0.2) is 140 Å². The van der Waals surface area contributed by atoms with E-state index in [0.717, 1.165) is 34.8 Å². The number of carbonyl (C=O) groups excluding carboxylic acids is 15. The lowest BCUT2D eigenvalue weighted by Crippen LogP contribution is -2.54. The van der Waals surface area contributed by atoms with E-state index in [1.807, 2.05) is 5.43 Å². The molecule has 8 aromatic rings. The van der Waals surface area contributed by atoms with Crippen LogP contribution in [0.25, 0.3) is 0 Å². The molecular weight excluding hydrogens is 1790 g/mol.